The molecule has 1 aromatic rings. The van der Waals surface area contributed by atoms with Crippen LogP contribution >= 0.6 is 22.9 Å². The SMILES string of the molecule is CC(C)(CN)C(=O)Nc1ccc(Cl)s1. The van der Waals surface area contributed by atoms with Crippen LogP contribution in [0, 0.1) is 5.41 Å². The molecule has 3 nitrogen and oxygen atoms in total. The predicted molar refractivity (Wildman–Crippen MR) is 60.8 cm³/mol. The third-order valence-corrected chi connectivity index (χ3v) is 3.08. The highest BCUT2D eigenvalue weighted by molar-refractivity contribution is 7.20. The third kappa shape index (κ3) is 2.70. The normalized spacial score (nSPS) is 11.4. The van der Waals surface area contributed by atoms with E-state index in [0.717, 1.165) is 5.00 Å². The summed E-state index contributed by atoms with van der Waals surface area (Å²) >= 11 is 7.07. The molecular weight excluding hydrogens is 220 g/mol. The molecule has 0 atom stereocenters. The lowest BCUT2D eigenvalue weighted by Gasteiger charge is -2.20. The fourth-order valence-electron chi connectivity index (χ4n) is 0.755. The molecule has 1 amide bonds. The van der Waals surface area contributed by atoms with Gasteiger partial charge in [-0.05, 0) is 26.0 Å². The number of rotatable bonds is 3. The molecular formula is C9H13ClN2OS. The average molecular weight is 233 g/mol. The zero-order valence-electron chi connectivity index (χ0n) is 8.13. The number of carbonyl (C=O) groups is 1. The molecule has 0 fully saturated rings. The van der Waals surface area contributed by atoms with Gasteiger partial charge in [-0.2, -0.15) is 0 Å². The van der Waals surface area contributed by atoms with Gasteiger partial charge in [0.25, 0.3) is 0 Å². The van der Waals surface area contributed by atoms with Crippen LogP contribution in [0.1, 0.15) is 13.8 Å². The van der Waals surface area contributed by atoms with E-state index >= 15 is 0 Å². The summed E-state index contributed by atoms with van der Waals surface area (Å²) in [5.74, 6) is -0.0847. The van der Waals surface area contributed by atoms with Crippen molar-refractivity contribution in [3.8, 4) is 0 Å². The van der Waals surface area contributed by atoms with Crippen LogP contribution in [0.4, 0.5) is 5.00 Å². The zero-order valence-corrected chi connectivity index (χ0v) is 9.71. The molecule has 1 heterocycles. The molecule has 0 aliphatic heterocycles. The molecule has 0 saturated carbocycles. The van der Waals surface area contributed by atoms with Crippen LogP contribution in [-0.2, 0) is 4.79 Å². The Bertz CT molecular complexity index is 335. The highest BCUT2D eigenvalue weighted by Crippen LogP contribution is 2.27. The second-order valence-electron chi connectivity index (χ2n) is 3.65. The Kier molecular flexibility index (Phi) is 3.53. The van der Waals surface area contributed by atoms with E-state index in [1.807, 2.05) is 0 Å². The zero-order chi connectivity index (χ0) is 10.8. The highest BCUT2D eigenvalue weighted by Gasteiger charge is 2.25. The number of nitrogens with one attached hydrogen (secondary N) is 1. The van der Waals surface area contributed by atoms with E-state index in [0.29, 0.717) is 10.9 Å². The third-order valence-electron chi connectivity index (χ3n) is 1.93. The van der Waals surface area contributed by atoms with Crippen LogP contribution in [0.15, 0.2) is 12.1 Å². The van der Waals surface area contributed by atoms with Gasteiger partial charge < -0.3 is 11.1 Å². The maximum atomic E-state index is 11.6. The Hall–Kier alpha value is -0.580. The lowest BCUT2D eigenvalue weighted by molar-refractivity contribution is -0.123. The van der Waals surface area contributed by atoms with Crippen molar-refractivity contribution in [2.24, 2.45) is 11.1 Å². The van der Waals surface area contributed by atoms with E-state index in [1.54, 1.807) is 26.0 Å². The van der Waals surface area contributed by atoms with Gasteiger partial charge in [0.05, 0.1) is 14.8 Å². The van der Waals surface area contributed by atoms with E-state index in [2.05, 4.69) is 5.32 Å². The number of anilines is 1. The molecule has 0 spiro atoms. The van der Waals surface area contributed by atoms with Crippen molar-refractivity contribution in [1.29, 1.82) is 0 Å². The lowest BCUT2D eigenvalue weighted by atomic mass is 9.93. The molecule has 5 heteroatoms. The first-order valence-corrected chi connectivity index (χ1v) is 5.42. The summed E-state index contributed by atoms with van der Waals surface area (Å²) in [6.07, 6.45) is 0. The van der Waals surface area contributed by atoms with E-state index in [9.17, 15) is 4.79 Å². The number of halogens is 1. The molecule has 0 radical (unpaired) electrons. The van der Waals surface area contributed by atoms with Gasteiger partial charge in [-0.3, -0.25) is 4.79 Å². The molecule has 0 aromatic carbocycles. The fraction of sp³-hybridized carbons (Fsp3) is 0.444. The average Bonchev–Trinajstić information content (AvgIpc) is 2.51. The summed E-state index contributed by atoms with van der Waals surface area (Å²) in [4.78, 5) is 11.6. The van der Waals surface area contributed by atoms with Gasteiger partial charge in [0.15, 0.2) is 0 Å². The van der Waals surface area contributed by atoms with Gasteiger partial charge in [-0.1, -0.05) is 11.6 Å². The Labute approximate surface area is 92.3 Å². The second-order valence-corrected chi connectivity index (χ2v) is 5.36. The highest BCUT2D eigenvalue weighted by atomic mass is 35.5. The minimum absolute atomic E-state index is 0.0847. The molecule has 3 N–H and O–H groups in total. The fourth-order valence-corrected chi connectivity index (χ4v) is 1.69. The first-order chi connectivity index (χ1) is 6.45. The number of hydrogen-bond acceptors (Lipinski definition) is 3. The van der Waals surface area contributed by atoms with Crippen molar-refractivity contribution in [1.82, 2.24) is 0 Å². The molecule has 0 unspecified atom stereocenters. The van der Waals surface area contributed by atoms with Gasteiger partial charge in [0.2, 0.25) is 5.91 Å². The van der Waals surface area contributed by atoms with Crippen molar-refractivity contribution in [3.63, 3.8) is 0 Å². The van der Waals surface area contributed by atoms with Crippen LogP contribution in [-0.4, -0.2) is 12.5 Å². The van der Waals surface area contributed by atoms with Crippen molar-refractivity contribution >= 4 is 33.8 Å². The van der Waals surface area contributed by atoms with E-state index < -0.39 is 5.41 Å². The Morgan fingerprint density at radius 2 is 2.29 bits per heavy atom. The summed E-state index contributed by atoms with van der Waals surface area (Å²) in [5.41, 5.74) is 4.94. The number of amides is 1. The summed E-state index contributed by atoms with van der Waals surface area (Å²) < 4.78 is 0.658. The molecule has 1 rings (SSSR count). The molecule has 0 aliphatic rings. The van der Waals surface area contributed by atoms with Crippen molar-refractivity contribution in [3.05, 3.63) is 16.5 Å². The standard InChI is InChI=1S/C9H13ClN2OS/c1-9(2,5-11)8(13)12-7-4-3-6(10)14-7/h3-4H,5,11H2,1-2H3,(H,12,13). The van der Waals surface area contributed by atoms with Crippen molar-refractivity contribution in [2.75, 3.05) is 11.9 Å². The van der Waals surface area contributed by atoms with Crippen molar-refractivity contribution in [2.45, 2.75) is 13.8 Å². The van der Waals surface area contributed by atoms with Crippen molar-refractivity contribution < 1.29 is 4.79 Å². The summed E-state index contributed by atoms with van der Waals surface area (Å²) in [7, 11) is 0. The molecule has 1 aromatic heterocycles. The number of hydrogen-bond donors (Lipinski definition) is 2. The van der Waals surface area contributed by atoms with E-state index in [1.165, 1.54) is 11.3 Å². The van der Waals surface area contributed by atoms with Crippen LogP contribution < -0.4 is 11.1 Å². The van der Waals surface area contributed by atoms with E-state index in [-0.39, 0.29) is 5.91 Å². The smallest absolute Gasteiger partial charge is 0.231 e. The summed E-state index contributed by atoms with van der Waals surface area (Å²) in [6, 6.07) is 3.52. The minimum atomic E-state index is -0.545. The minimum Gasteiger partial charge on any atom is -0.329 e. The molecule has 0 bridgehead atoms. The lowest BCUT2D eigenvalue weighted by Crippen LogP contribution is -2.37. The van der Waals surface area contributed by atoms with Gasteiger partial charge in [-0.15, -0.1) is 11.3 Å². The maximum absolute atomic E-state index is 11.6. The Balaban J connectivity index is 2.66. The van der Waals surface area contributed by atoms with Gasteiger partial charge in [0.1, 0.15) is 0 Å². The van der Waals surface area contributed by atoms with E-state index in [4.69, 9.17) is 17.3 Å². The predicted octanol–water partition coefficient (Wildman–Crippen LogP) is 2.32. The maximum Gasteiger partial charge on any atom is 0.231 e. The summed E-state index contributed by atoms with van der Waals surface area (Å²) in [5, 5.41) is 3.52. The Morgan fingerprint density at radius 1 is 1.64 bits per heavy atom. The van der Waals surface area contributed by atoms with Gasteiger partial charge in [0, 0.05) is 6.54 Å². The monoisotopic (exact) mass is 232 g/mol. The van der Waals surface area contributed by atoms with Crippen LogP contribution in [0.5, 0.6) is 0 Å². The molecule has 0 saturated heterocycles. The van der Waals surface area contributed by atoms with Gasteiger partial charge >= 0.3 is 0 Å². The second kappa shape index (κ2) is 4.29. The largest absolute Gasteiger partial charge is 0.329 e. The number of nitrogens with two attached hydrogens (primary N) is 1. The molecule has 0 aliphatic carbocycles. The Morgan fingerprint density at radius 3 is 2.71 bits per heavy atom. The summed E-state index contributed by atoms with van der Waals surface area (Å²) in [6.45, 7) is 3.92. The number of carbonyl (C=O) groups excluding carboxylic acids is 1. The topological polar surface area (TPSA) is 55.1 Å². The first-order valence-electron chi connectivity index (χ1n) is 4.22. The van der Waals surface area contributed by atoms with Crippen LogP contribution in [0.3, 0.4) is 0 Å². The number of thiophene rings is 1. The molecule has 78 valence electrons. The quantitative estimate of drug-likeness (QED) is 0.841. The molecule has 14 heavy (non-hydrogen) atoms. The van der Waals surface area contributed by atoms with Crippen LogP contribution in [0.2, 0.25) is 4.34 Å². The van der Waals surface area contributed by atoms with Crippen LogP contribution in [0.25, 0.3) is 0 Å². The first kappa shape index (κ1) is 11.5. The van der Waals surface area contributed by atoms with Gasteiger partial charge in [-0.25, -0.2) is 0 Å².